The van der Waals surface area contributed by atoms with Gasteiger partial charge in [0.15, 0.2) is 0 Å². The van der Waals surface area contributed by atoms with E-state index in [9.17, 15) is 4.57 Å². The number of nitrogens with zero attached hydrogens (tertiary/aromatic N) is 2. The zero-order valence-electron chi connectivity index (χ0n) is 17.7. The molecule has 2 aliphatic rings. The second kappa shape index (κ2) is 9.71. The van der Waals surface area contributed by atoms with E-state index in [1.807, 2.05) is 12.1 Å². The molecule has 3 unspecified atom stereocenters. The Kier molecular flexibility index (Phi) is 6.80. The molecule has 30 heavy (non-hydrogen) atoms. The van der Waals surface area contributed by atoms with Crippen LogP contribution in [0.3, 0.4) is 0 Å². The van der Waals surface area contributed by atoms with E-state index >= 15 is 0 Å². The number of hydrogen-bond acceptors (Lipinski definition) is 7. The molecule has 160 valence electrons. The van der Waals surface area contributed by atoms with E-state index in [-0.39, 0.29) is 0 Å². The highest BCUT2D eigenvalue weighted by Crippen LogP contribution is 2.33. The van der Waals surface area contributed by atoms with Crippen LogP contribution in [0.1, 0.15) is 56.5 Å². The van der Waals surface area contributed by atoms with E-state index in [1.165, 1.54) is 0 Å². The van der Waals surface area contributed by atoms with E-state index in [1.54, 1.807) is 12.1 Å². The lowest BCUT2D eigenvalue weighted by Crippen LogP contribution is -2.35. The highest BCUT2D eigenvalue weighted by Gasteiger charge is 2.29. The van der Waals surface area contributed by atoms with Crippen LogP contribution in [0.2, 0.25) is 0 Å². The summed E-state index contributed by atoms with van der Waals surface area (Å²) in [7, 11) is -2.41. The molecule has 0 saturated carbocycles. The standard InChI is InChI=1S/C22H30N4O3P/c1-3-5-15-11-20-18(24-13-15)8-10-22(26-20)29-30(27)28-21-9-7-16-14-23-17(6-4-2)12-19(16)25-21/h7-10,15,17,23-24H,3-6,11-14H2,1-2H3/q+1. The predicted octanol–water partition coefficient (Wildman–Crippen LogP) is 4.79. The van der Waals surface area contributed by atoms with Crippen LogP contribution in [0.25, 0.3) is 0 Å². The smallest absolute Gasteiger partial charge is 0.383 e. The first-order valence-electron chi connectivity index (χ1n) is 10.9. The van der Waals surface area contributed by atoms with Gasteiger partial charge in [0.1, 0.15) is 0 Å². The molecule has 8 heteroatoms. The molecule has 0 spiro atoms. The average Bonchev–Trinajstić information content (AvgIpc) is 2.74. The zero-order chi connectivity index (χ0) is 20.9. The Morgan fingerprint density at radius 3 is 2.50 bits per heavy atom. The minimum Gasteiger partial charge on any atom is -0.383 e. The molecule has 2 aromatic heterocycles. The zero-order valence-corrected chi connectivity index (χ0v) is 18.6. The van der Waals surface area contributed by atoms with Crippen molar-refractivity contribution in [2.24, 2.45) is 5.92 Å². The van der Waals surface area contributed by atoms with Gasteiger partial charge in [-0.1, -0.05) is 32.8 Å². The van der Waals surface area contributed by atoms with Crippen molar-refractivity contribution in [3.05, 3.63) is 41.2 Å². The second-order valence-corrected chi connectivity index (χ2v) is 8.93. The van der Waals surface area contributed by atoms with Crippen LogP contribution < -0.4 is 19.7 Å². The first-order valence-corrected chi connectivity index (χ1v) is 12.0. The molecule has 2 aliphatic heterocycles. The summed E-state index contributed by atoms with van der Waals surface area (Å²) < 4.78 is 23.4. The van der Waals surface area contributed by atoms with Gasteiger partial charge in [-0.3, -0.25) is 0 Å². The van der Waals surface area contributed by atoms with Gasteiger partial charge in [-0.05, 0) is 36.8 Å². The van der Waals surface area contributed by atoms with Gasteiger partial charge in [-0.2, -0.15) is 0 Å². The summed E-state index contributed by atoms with van der Waals surface area (Å²) in [6.45, 7) is 6.15. The summed E-state index contributed by atoms with van der Waals surface area (Å²) in [5.74, 6) is 1.22. The Bertz CT molecular complexity index is 836. The van der Waals surface area contributed by atoms with Crippen LogP contribution in [0.15, 0.2) is 24.3 Å². The number of hydrogen-bond donors (Lipinski definition) is 2. The Morgan fingerprint density at radius 1 is 1.00 bits per heavy atom. The number of rotatable bonds is 8. The van der Waals surface area contributed by atoms with Crippen molar-refractivity contribution < 1.29 is 13.6 Å². The number of aromatic nitrogens is 2. The summed E-state index contributed by atoms with van der Waals surface area (Å²) in [6, 6.07) is 7.81. The van der Waals surface area contributed by atoms with Crippen molar-refractivity contribution in [1.29, 1.82) is 0 Å². The van der Waals surface area contributed by atoms with Gasteiger partial charge in [-0.15, -0.1) is 0 Å². The summed E-state index contributed by atoms with van der Waals surface area (Å²) in [4.78, 5) is 9.12. The molecule has 4 rings (SSSR count). The second-order valence-electron chi connectivity index (χ2n) is 8.12. The van der Waals surface area contributed by atoms with Crippen molar-refractivity contribution in [3.63, 3.8) is 0 Å². The maximum absolute atomic E-state index is 12.4. The van der Waals surface area contributed by atoms with E-state index in [4.69, 9.17) is 9.05 Å². The van der Waals surface area contributed by atoms with Crippen LogP contribution in [0.4, 0.5) is 5.69 Å². The first kappa shape index (κ1) is 21.0. The molecule has 4 heterocycles. The Labute approximate surface area is 179 Å². The van der Waals surface area contributed by atoms with Crippen LogP contribution in [-0.4, -0.2) is 22.6 Å². The van der Waals surface area contributed by atoms with Crippen molar-refractivity contribution in [3.8, 4) is 11.8 Å². The number of fused-ring (bicyclic) bond motifs is 2. The maximum Gasteiger partial charge on any atom is 0.808 e. The minimum atomic E-state index is -2.41. The highest BCUT2D eigenvalue weighted by molar-refractivity contribution is 7.34. The van der Waals surface area contributed by atoms with E-state index in [0.717, 1.165) is 74.3 Å². The van der Waals surface area contributed by atoms with Crippen molar-refractivity contribution in [1.82, 2.24) is 15.3 Å². The molecule has 0 radical (unpaired) electrons. The molecule has 0 saturated heterocycles. The van der Waals surface area contributed by atoms with Gasteiger partial charge in [0.25, 0.3) is 11.8 Å². The van der Waals surface area contributed by atoms with E-state index in [2.05, 4.69) is 34.4 Å². The molecular weight excluding hydrogens is 399 g/mol. The molecule has 2 N–H and O–H groups in total. The lowest BCUT2D eigenvalue weighted by molar-refractivity contribution is 0.397. The molecule has 0 aliphatic carbocycles. The van der Waals surface area contributed by atoms with Crippen molar-refractivity contribution in [2.45, 2.75) is 65.0 Å². The summed E-state index contributed by atoms with van der Waals surface area (Å²) >= 11 is 0. The van der Waals surface area contributed by atoms with Crippen LogP contribution >= 0.6 is 8.25 Å². The maximum atomic E-state index is 12.4. The van der Waals surface area contributed by atoms with Crippen LogP contribution in [0.5, 0.6) is 11.8 Å². The summed E-state index contributed by atoms with van der Waals surface area (Å²) in [5.41, 5.74) is 4.16. The fourth-order valence-electron chi connectivity index (χ4n) is 4.24. The highest BCUT2D eigenvalue weighted by atomic mass is 31.1. The minimum absolute atomic E-state index is 0.318. The molecule has 2 aromatic rings. The molecule has 0 bridgehead atoms. The summed E-state index contributed by atoms with van der Waals surface area (Å²) in [5, 5.41) is 6.95. The molecule has 3 atom stereocenters. The van der Waals surface area contributed by atoms with Gasteiger partial charge in [0, 0.05) is 42.2 Å². The lowest BCUT2D eigenvalue weighted by atomic mass is 9.94. The Hall–Kier alpha value is -2.24. The molecule has 0 amide bonds. The SMILES string of the molecule is CCCC1CNc2ccc(O[P+](=O)Oc3ccc4c(n3)CC(CCC)NC4)nc2C1. The first-order chi connectivity index (χ1) is 14.6. The van der Waals surface area contributed by atoms with Gasteiger partial charge in [0.2, 0.25) is 0 Å². The van der Waals surface area contributed by atoms with Gasteiger partial charge in [-0.25, -0.2) is 19.0 Å². The van der Waals surface area contributed by atoms with Crippen molar-refractivity contribution >= 4 is 13.9 Å². The number of nitrogens with one attached hydrogen (secondary N) is 2. The van der Waals surface area contributed by atoms with E-state index in [0.29, 0.717) is 23.7 Å². The average molecular weight is 429 g/mol. The summed E-state index contributed by atoms with van der Waals surface area (Å²) in [6.07, 6.45) is 6.32. The quantitative estimate of drug-likeness (QED) is 0.584. The molecule has 0 aromatic carbocycles. The van der Waals surface area contributed by atoms with Gasteiger partial charge < -0.3 is 10.6 Å². The van der Waals surface area contributed by atoms with Gasteiger partial charge in [0.05, 0.1) is 17.1 Å². The van der Waals surface area contributed by atoms with Crippen LogP contribution in [0, 0.1) is 5.92 Å². The predicted molar refractivity (Wildman–Crippen MR) is 117 cm³/mol. The Balaban J connectivity index is 1.38. The third-order valence-corrected chi connectivity index (χ3v) is 6.42. The normalized spacial score (nSPS) is 20.5. The Morgan fingerprint density at radius 2 is 1.73 bits per heavy atom. The number of anilines is 1. The van der Waals surface area contributed by atoms with E-state index < -0.39 is 8.25 Å². The third kappa shape index (κ3) is 5.08. The van der Waals surface area contributed by atoms with Crippen LogP contribution in [-0.2, 0) is 24.0 Å². The van der Waals surface area contributed by atoms with Gasteiger partial charge >= 0.3 is 8.25 Å². The molecular formula is C22H30N4O3P+. The third-order valence-electron chi connectivity index (χ3n) is 5.75. The van der Waals surface area contributed by atoms with Crippen molar-refractivity contribution in [2.75, 3.05) is 11.9 Å². The fourth-order valence-corrected chi connectivity index (χ4v) is 4.79. The number of pyridine rings is 2. The molecule has 7 nitrogen and oxygen atoms in total. The largest absolute Gasteiger partial charge is 0.808 e. The lowest BCUT2D eigenvalue weighted by Gasteiger charge is -2.25. The fraction of sp³-hybridized carbons (Fsp3) is 0.545. The molecule has 0 fully saturated rings. The topological polar surface area (TPSA) is 85.4 Å². The monoisotopic (exact) mass is 429 g/mol.